The standard InChI is InChI=1S/C12H10O.3ClH.Ti/c13-12-9-5-4-8-11(12)10-6-2-1-3-7-10;;;;/h1-9,13H;3*1H;/q;;;;+3/p-3. The Hall–Kier alpha value is -0.176. The smallest absolute Gasteiger partial charge is 1.00 e. The molecule has 0 aliphatic heterocycles. The van der Waals surface area contributed by atoms with Crippen molar-refractivity contribution in [2.24, 2.45) is 0 Å². The molecule has 0 saturated heterocycles. The van der Waals surface area contributed by atoms with Crippen LogP contribution in [0.15, 0.2) is 54.6 Å². The normalized spacial score (nSPS) is 7.53. The van der Waals surface area contributed by atoms with Crippen LogP contribution in [0.4, 0.5) is 0 Å². The number of benzene rings is 2. The van der Waals surface area contributed by atoms with Crippen molar-refractivity contribution < 1.29 is 64.0 Å². The first-order valence-corrected chi connectivity index (χ1v) is 4.21. The number of halogens is 3. The van der Waals surface area contributed by atoms with Crippen molar-refractivity contribution >= 4 is 0 Å². The Kier molecular flexibility index (Phi) is 14.2. The zero-order valence-corrected chi connectivity index (χ0v) is 12.6. The molecule has 0 heterocycles. The van der Waals surface area contributed by atoms with Gasteiger partial charge in [0, 0.05) is 5.56 Å². The van der Waals surface area contributed by atoms with Gasteiger partial charge in [0.1, 0.15) is 5.75 Å². The van der Waals surface area contributed by atoms with E-state index in [0.29, 0.717) is 5.75 Å². The Morgan fingerprint density at radius 2 is 1.12 bits per heavy atom. The van der Waals surface area contributed by atoms with Crippen molar-refractivity contribution in [2.45, 2.75) is 0 Å². The molecule has 2 aromatic rings. The maximum atomic E-state index is 9.56. The Morgan fingerprint density at radius 3 is 1.65 bits per heavy atom. The van der Waals surface area contributed by atoms with Gasteiger partial charge in [0.2, 0.25) is 0 Å². The van der Waals surface area contributed by atoms with Gasteiger partial charge in [-0.25, -0.2) is 0 Å². The number of phenolic OH excluding ortho intramolecular Hbond substituents is 1. The van der Waals surface area contributed by atoms with Crippen molar-refractivity contribution in [3.05, 3.63) is 54.6 Å². The van der Waals surface area contributed by atoms with E-state index in [1.165, 1.54) is 0 Å². The molecule has 1 radical (unpaired) electrons. The van der Waals surface area contributed by atoms with Gasteiger partial charge >= 0.3 is 21.7 Å². The Balaban J connectivity index is -0.000000490. The molecule has 0 aromatic heterocycles. The fourth-order valence-corrected chi connectivity index (χ4v) is 1.34. The Morgan fingerprint density at radius 1 is 0.647 bits per heavy atom. The maximum Gasteiger partial charge on any atom is 3.00 e. The molecule has 0 aliphatic carbocycles. The fourth-order valence-electron chi connectivity index (χ4n) is 1.34. The van der Waals surface area contributed by atoms with Gasteiger partial charge in [0.05, 0.1) is 0 Å². The van der Waals surface area contributed by atoms with Gasteiger partial charge in [-0.05, 0) is 11.6 Å². The topological polar surface area (TPSA) is 20.2 Å². The third-order valence-electron chi connectivity index (χ3n) is 1.99. The maximum absolute atomic E-state index is 9.56. The van der Waals surface area contributed by atoms with E-state index in [4.69, 9.17) is 0 Å². The summed E-state index contributed by atoms with van der Waals surface area (Å²) < 4.78 is 0. The molecule has 0 amide bonds. The zero-order valence-electron chi connectivity index (χ0n) is 8.78. The van der Waals surface area contributed by atoms with Gasteiger partial charge in [-0.1, -0.05) is 48.5 Å². The molecule has 17 heavy (non-hydrogen) atoms. The van der Waals surface area contributed by atoms with Crippen LogP contribution in [0.5, 0.6) is 5.75 Å². The summed E-state index contributed by atoms with van der Waals surface area (Å²) in [7, 11) is 0. The van der Waals surface area contributed by atoms with E-state index in [9.17, 15) is 5.11 Å². The van der Waals surface area contributed by atoms with Crippen molar-refractivity contribution in [1.29, 1.82) is 0 Å². The minimum absolute atomic E-state index is 0. The van der Waals surface area contributed by atoms with E-state index in [-0.39, 0.29) is 58.9 Å². The van der Waals surface area contributed by atoms with Crippen LogP contribution >= 0.6 is 0 Å². The van der Waals surface area contributed by atoms with E-state index in [0.717, 1.165) is 11.1 Å². The summed E-state index contributed by atoms with van der Waals surface area (Å²) in [5, 5.41) is 9.56. The molecule has 2 rings (SSSR count). The van der Waals surface area contributed by atoms with Crippen LogP contribution in [-0.4, -0.2) is 5.11 Å². The van der Waals surface area contributed by atoms with Crippen molar-refractivity contribution in [3.8, 4) is 16.9 Å². The minimum Gasteiger partial charge on any atom is -1.00 e. The van der Waals surface area contributed by atoms with Crippen molar-refractivity contribution in [2.75, 3.05) is 0 Å². The molecule has 0 atom stereocenters. The molecular formula is C12H10Cl3OTi. The van der Waals surface area contributed by atoms with Crippen LogP contribution < -0.4 is 37.2 Å². The van der Waals surface area contributed by atoms with Crippen LogP contribution in [0.2, 0.25) is 0 Å². The first kappa shape index (κ1) is 22.0. The molecule has 1 nitrogen and oxygen atoms in total. The molecule has 0 unspecified atom stereocenters. The number of rotatable bonds is 1. The quantitative estimate of drug-likeness (QED) is 0.518. The van der Waals surface area contributed by atoms with Gasteiger partial charge in [-0.15, -0.1) is 0 Å². The summed E-state index contributed by atoms with van der Waals surface area (Å²) in [5.41, 5.74) is 1.92. The summed E-state index contributed by atoms with van der Waals surface area (Å²) in [6, 6.07) is 17.2. The van der Waals surface area contributed by atoms with Gasteiger partial charge in [0.25, 0.3) is 0 Å². The number of hydrogen-bond donors (Lipinski definition) is 1. The van der Waals surface area contributed by atoms with Crippen LogP contribution in [0.25, 0.3) is 11.1 Å². The SMILES string of the molecule is Oc1ccccc1-c1ccccc1.[Cl-].[Cl-].[Cl-].[Ti+3]. The molecule has 1 N–H and O–H groups in total. The Labute approximate surface area is 135 Å². The molecular weight excluding hydrogens is 314 g/mol. The second-order valence-electron chi connectivity index (χ2n) is 2.88. The van der Waals surface area contributed by atoms with Crippen molar-refractivity contribution in [3.63, 3.8) is 0 Å². The predicted molar refractivity (Wildman–Crippen MR) is 53.5 cm³/mol. The second kappa shape index (κ2) is 10.9. The van der Waals surface area contributed by atoms with E-state index in [1.807, 2.05) is 48.5 Å². The molecule has 89 valence electrons. The average molecular weight is 324 g/mol. The van der Waals surface area contributed by atoms with Crippen LogP contribution in [0, 0.1) is 0 Å². The zero-order chi connectivity index (χ0) is 9.10. The van der Waals surface area contributed by atoms with E-state index in [2.05, 4.69) is 0 Å². The van der Waals surface area contributed by atoms with Crippen LogP contribution in [-0.2, 0) is 21.7 Å². The number of para-hydroxylation sites is 1. The monoisotopic (exact) mass is 323 g/mol. The Bertz CT molecular complexity index is 410. The molecule has 0 aliphatic rings. The van der Waals surface area contributed by atoms with E-state index >= 15 is 0 Å². The summed E-state index contributed by atoms with van der Waals surface area (Å²) in [4.78, 5) is 0. The average Bonchev–Trinajstić information content (AvgIpc) is 2.20. The summed E-state index contributed by atoms with van der Waals surface area (Å²) >= 11 is 0. The molecule has 0 bridgehead atoms. The molecule has 2 aromatic carbocycles. The summed E-state index contributed by atoms with van der Waals surface area (Å²) in [5.74, 6) is 0.328. The number of aromatic hydroxyl groups is 1. The van der Waals surface area contributed by atoms with Crippen LogP contribution in [0.1, 0.15) is 0 Å². The van der Waals surface area contributed by atoms with E-state index < -0.39 is 0 Å². The molecule has 5 heteroatoms. The molecule has 0 spiro atoms. The third-order valence-corrected chi connectivity index (χ3v) is 1.99. The van der Waals surface area contributed by atoms with Gasteiger partial charge in [-0.2, -0.15) is 0 Å². The first-order chi connectivity index (χ1) is 6.38. The van der Waals surface area contributed by atoms with Crippen LogP contribution in [0.3, 0.4) is 0 Å². The van der Waals surface area contributed by atoms with Crippen molar-refractivity contribution in [1.82, 2.24) is 0 Å². The summed E-state index contributed by atoms with van der Waals surface area (Å²) in [6.45, 7) is 0. The third kappa shape index (κ3) is 5.81. The van der Waals surface area contributed by atoms with Gasteiger partial charge in [-0.3, -0.25) is 0 Å². The minimum atomic E-state index is 0. The molecule has 0 fully saturated rings. The number of phenols is 1. The van der Waals surface area contributed by atoms with E-state index in [1.54, 1.807) is 6.07 Å². The predicted octanol–water partition coefficient (Wildman–Crippen LogP) is -5.93. The van der Waals surface area contributed by atoms with Gasteiger partial charge in [0.15, 0.2) is 0 Å². The van der Waals surface area contributed by atoms with Gasteiger partial charge < -0.3 is 42.3 Å². The first-order valence-electron chi connectivity index (χ1n) is 4.21. The number of hydrogen-bond acceptors (Lipinski definition) is 1. The summed E-state index contributed by atoms with van der Waals surface area (Å²) in [6.07, 6.45) is 0. The fraction of sp³-hybridized carbons (Fsp3) is 0. The molecule has 0 saturated carbocycles. The second-order valence-corrected chi connectivity index (χ2v) is 2.88. The largest absolute Gasteiger partial charge is 3.00 e.